The van der Waals surface area contributed by atoms with Crippen molar-refractivity contribution in [2.75, 3.05) is 11.9 Å². The Labute approximate surface area is 89.4 Å². The van der Waals surface area contributed by atoms with Crippen LogP contribution >= 0.6 is 0 Å². The monoisotopic (exact) mass is 205 g/mol. The van der Waals surface area contributed by atoms with Crippen molar-refractivity contribution in [1.29, 1.82) is 0 Å². The van der Waals surface area contributed by atoms with E-state index < -0.39 is 11.9 Å². The Hall–Kier alpha value is -1.77. The second-order valence-corrected chi connectivity index (χ2v) is 3.35. The molecule has 0 spiro atoms. The van der Waals surface area contributed by atoms with E-state index in [4.69, 9.17) is 5.11 Å². The third-order valence-corrected chi connectivity index (χ3v) is 2.23. The van der Waals surface area contributed by atoms with E-state index in [2.05, 4.69) is 11.9 Å². The maximum atomic E-state index is 10.7. The first-order chi connectivity index (χ1) is 7.15. The quantitative estimate of drug-likeness (QED) is 0.726. The Morgan fingerprint density at radius 1 is 1.53 bits per heavy atom. The average molecular weight is 205 g/mol. The molecule has 1 rings (SSSR count). The lowest BCUT2D eigenvalue weighted by atomic mass is 10.0. The molecule has 0 unspecified atom stereocenters. The Morgan fingerprint density at radius 2 is 2.13 bits per heavy atom. The first-order valence-electron chi connectivity index (χ1n) is 4.82. The number of carboxylic acids is 1. The van der Waals surface area contributed by atoms with Crippen molar-refractivity contribution < 1.29 is 9.90 Å². The zero-order valence-corrected chi connectivity index (χ0v) is 8.73. The van der Waals surface area contributed by atoms with Crippen molar-refractivity contribution in [3.63, 3.8) is 0 Å². The highest BCUT2D eigenvalue weighted by molar-refractivity contribution is 5.75. The summed E-state index contributed by atoms with van der Waals surface area (Å²) in [5, 5.41) is 11.9. The zero-order valence-electron chi connectivity index (χ0n) is 8.73. The summed E-state index contributed by atoms with van der Waals surface area (Å²) in [6.07, 6.45) is 1.77. The zero-order chi connectivity index (χ0) is 11.3. The molecule has 1 aromatic rings. The Bertz CT molecular complexity index is 343. The predicted octanol–water partition coefficient (Wildman–Crippen LogP) is 2.47. The third kappa shape index (κ3) is 3.13. The molecule has 1 atom stereocenters. The lowest BCUT2D eigenvalue weighted by molar-refractivity contribution is -0.138. The molecule has 15 heavy (non-hydrogen) atoms. The summed E-state index contributed by atoms with van der Waals surface area (Å²) < 4.78 is 0. The van der Waals surface area contributed by atoms with Gasteiger partial charge in [-0.05, 0) is 24.6 Å². The molecule has 0 aromatic heterocycles. The number of carbonyl (C=O) groups is 1. The van der Waals surface area contributed by atoms with Gasteiger partial charge in [0.2, 0.25) is 0 Å². The summed E-state index contributed by atoms with van der Waals surface area (Å²) in [5.41, 5.74) is 1.78. The number of hydrogen-bond acceptors (Lipinski definition) is 2. The van der Waals surface area contributed by atoms with E-state index in [-0.39, 0.29) is 0 Å². The molecule has 3 heteroatoms. The number of aliphatic carboxylic acids is 1. The average Bonchev–Trinajstić information content (AvgIpc) is 2.26. The lowest BCUT2D eigenvalue weighted by Gasteiger charge is -2.08. The number of hydrogen-bond donors (Lipinski definition) is 2. The fraction of sp³-hybridized carbons (Fsp3) is 0.250. The summed E-state index contributed by atoms with van der Waals surface area (Å²) in [6.45, 7) is 5.98. The van der Waals surface area contributed by atoms with Crippen LogP contribution in [0, 0.1) is 0 Å². The van der Waals surface area contributed by atoms with Gasteiger partial charge in [0.15, 0.2) is 0 Å². The minimum atomic E-state index is -0.804. The molecule has 0 amide bonds. The van der Waals surface area contributed by atoms with E-state index in [0.717, 1.165) is 11.3 Å². The SMILES string of the molecule is C=CCNc1ccc([C@@H](C)C(=O)O)cc1. The van der Waals surface area contributed by atoms with Gasteiger partial charge in [-0.1, -0.05) is 18.2 Å². The van der Waals surface area contributed by atoms with E-state index in [0.29, 0.717) is 6.54 Å². The molecule has 80 valence electrons. The van der Waals surface area contributed by atoms with Gasteiger partial charge in [-0.25, -0.2) is 0 Å². The van der Waals surface area contributed by atoms with Crippen LogP contribution in [0.4, 0.5) is 5.69 Å². The van der Waals surface area contributed by atoms with Crippen molar-refractivity contribution in [3.8, 4) is 0 Å². The summed E-state index contributed by atoms with van der Waals surface area (Å²) in [7, 11) is 0. The van der Waals surface area contributed by atoms with Gasteiger partial charge >= 0.3 is 5.97 Å². The van der Waals surface area contributed by atoms with Crippen LogP contribution in [0.15, 0.2) is 36.9 Å². The van der Waals surface area contributed by atoms with Crippen LogP contribution in [-0.4, -0.2) is 17.6 Å². The van der Waals surface area contributed by atoms with Gasteiger partial charge in [0.25, 0.3) is 0 Å². The molecule has 0 saturated heterocycles. The van der Waals surface area contributed by atoms with Gasteiger partial charge in [0.1, 0.15) is 0 Å². The van der Waals surface area contributed by atoms with Crippen molar-refractivity contribution >= 4 is 11.7 Å². The van der Waals surface area contributed by atoms with E-state index in [1.807, 2.05) is 24.3 Å². The van der Waals surface area contributed by atoms with Gasteiger partial charge < -0.3 is 10.4 Å². The minimum absolute atomic E-state index is 0.460. The van der Waals surface area contributed by atoms with E-state index >= 15 is 0 Å². The summed E-state index contributed by atoms with van der Waals surface area (Å²) in [4.78, 5) is 10.7. The van der Waals surface area contributed by atoms with Crippen LogP contribution in [0.3, 0.4) is 0 Å². The maximum absolute atomic E-state index is 10.7. The lowest BCUT2D eigenvalue weighted by Crippen LogP contribution is -2.07. The summed E-state index contributed by atoms with van der Waals surface area (Å²) >= 11 is 0. The van der Waals surface area contributed by atoms with Crippen molar-refractivity contribution in [2.24, 2.45) is 0 Å². The van der Waals surface area contributed by atoms with E-state index in [1.165, 1.54) is 0 Å². The molecule has 0 bridgehead atoms. The number of carboxylic acid groups (broad SMARTS) is 1. The maximum Gasteiger partial charge on any atom is 0.310 e. The summed E-state index contributed by atoms with van der Waals surface area (Å²) in [6, 6.07) is 7.39. The largest absolute Gasteiger partial charge is 0.481 e. The highest BCUT2D eigenvalue weighted by atomic mass is 16.4. The van der Waals surface area contributed by atoms with Crippen molar-refractivity contribution in [1.82, 2.24) is 0 Å². The molecule has 0 saturated carbocycles. The van der Waals surface area contributed by atoms with Crippen LogP contribution in [0.2, 0.25) is 0 Å². The van der Waals surface area contributed by atoms with Gasteiger partial charge in [0, 0.05) is 12.2 Å². The molecule has 0 aliphatic heterocycles. The summed E-state index contributed by atoms with van der Waals surface area (Å²) in [5.74, 6) is -1.26. The molecular formula is C12H15NO2. The third-order valence-electron chi connectivity index (χ3n) is 2.23. The number of benzene rings is 1. The van der Waals surface area contributed by atoms with Crippen LogP contribution < -0.4 is 5.32 Å². The molecule has 0 heterocycles. The molecule has 0 radical (unpaired) electrons. The Kier molecular flexibility index (Phi) is 3.92. The van der Waals surface area contributed by atoms with Crippen LogP contribution in [0.1, 0.15) is 18.4 Å². The molecule has 1 aromatic carbocycles. The number of anilines is 1. The molecule has 2 N–H and O–H groups in total. The second-order valence-electron chi connectivity index (χ2n) is 3.35. The highest BCUT2D eigenvalue weighted by Gasteiger charge is 2.12. The van der Waals surface area contributed by atoms with Gasteiger partial charge in [-0.3, -0.25) is 4.79 Å². The number of rotatable bonds is 5. The molecule has 0 fully saturated rings. The van der Waals surface area contributed by atoms with Crippen LogP contribution in [-0.2, 0) is 4.79 Å². The van der Waals surface area contributed by atoms with Crippen LogP contribution in [0.5, 0.6) is 0 Å². The topological polar surface area (TPSA) is 49.3 Å². The van der Waals surface area contributed by atoms with Crippen molar-refractivity contribution in [2.45, 2.75) is 12.8 Å². The van der Waals surface area contributed by atoms with E-state index in [9.17, 15) is 4.79 Å². The van der Waals surface area contributed by atoms with Gasteiger partial charge in [0.05, 0.1) is 5.92 Å². The highest BCUT2D eigenvalue weighted by Crippen LogP contribution is 2.17. The van der Waals surface area contributed by atoms with E-state index in [1.54, 1.807) is 13.0 Å². The first kappa shape index (κ1) is 11.3. The Balaban J connectivity index is 2.71. The fourth-order valence-electron chi connectivity index (χ4n) is 1.22. The minimum Gasteiger partial charge on any atom is -0.481 e. The Morgan fingerprint density at radius 3 is 2.60 bits per heavy atom. The normalized spacial score (nSPS) is 11.8. The van der Waals surface area contributed by atoms with Gasteiger partial charge in [-0.2, -0.15) is 0 Å². The fourth-order valence-corrected chi connectivity index (χ4v) is 1.22. The smallest absolute Gasteiger partial charge is 0.310 e. The molecular weight excluding hydrogens is 190 g/mol. The molecule has 0 aliphatic rings. The second kappa shape index (κ2) is 5.20. The standard InChI is InChI=1S/C12H15NO2/c1-3-8-13-11-6-4-10(5-7-11)9(2)12(14)15/h3-7,9,13H,1,8H2,2H3,(H,14,15)/t9-/m1/s1. The first-order valence-corrected chi connectivity index (χ1v) is 4.82. The molecule has 3 nitrogen and oxygen atoms in total. The molecule has 0 aliphatic carbocycles. The number of nitrogens with one attached hydrogen (secondary N) is 1. The predicted molar refractivity (Wildman–Crippen MR) is 61.2 cm³/mol. The van der Waals surface area contributed by atoms with Crippen LogP contribution in [0.25, 0.3) is 0 Å². The van der Waals surface area contributed by atoms with Gasteiger partial charge in [-0.15, -0.1) is 6.58 Å². The van der Waals surface area contributed by atoms with Crippen molar-refractivity contribution in [3.05, 3.63) is 42.5 Å².